The van der Waals surface area contributed by atoms with Crippen molar-refractivity contribution in [3.05, 3.63) is 45.9 Å². The molecule has 0 saturated heterocycles. The maximum Gasteiger partial charge on any atom is 0.227 e. The normalized spacial score (nSPS) is 11.1. The number of nitrogens with two attached hydrogens (primary N) is 1. The summed E-state index contributed by atoms with van der Waals surface area (Å²) in [5.41, 5.74) is 9.41. The molecule has 19 heavy (non-hydrogen) atoms. The zero-order chi connectivity index (χ0) is 13.6. The van der Waals surface area contributed by atoms with Gasteiger partial charge in [0.15, 0.2) is 5.58 Å². The lowest BCUT2D eigenvalue weighted by atomic mass is 10.2. The summed E-state index contributed by atoms with van der Waals surface area (Å²) >= 11 is 12.0. The molecule has 0 bridgehead atoms. The van der Waals surface area contributed by atoms with E-state index in [1.807, 2.05) is 25.1 Å². The van der Waals surface area contributed by atoms with E-state index in [-0.39, 0.29) is 0 Å². The Morgan fingerprint density at radius 3 is 2.47 bits per heavy atom. The number of nitrogen functional groups attached to an aromatic ring is 1. The lowest BCUT2D eigenvalue weighted by molar-refractivity contribution is 0.620. The number of fused-ring (bicyclic) bond motifs is 1. The van der Waals surface area contributed by atoms with Gasteiger partial charge in [-0.25, -0.2) is 4.98 Å². The van der Waals surface area contributed by atoms with Gasteiger partial charge in [0.1, 0.15) is 5.52 Å². The van der Waals surface area contributed by atoms with E-state index >= 15 is 0 Å². The first-order chi connectivity index (χ1) is 9.06. The van der Waals surface area contributed by atoms with Gasteiger partial charge in [0, 0.05) is 5.56 Å². The lowest BCUT2D eigenvalue weighted by Gasteiger charge is -2.03. The summed E-state index contributed by atoms with van der Waals surface area (Å²) in [5, 5.41) is 0.781. The lowest BCUT2D eigenvalue weighted by Crippen LogP contribution is -1.89. The van der Waals surface area contributed by atoms with Crippen LogP contribution in [0, 0.1) is 6.92 Å². The zero-order valence-corrected chi connectivity index (χ0v) is 11.6. The Morgan fingerprint density at radius 2 is 1.84 bits per heavy atom. The van der Waals surface area contributed by atoms with Crippen molar-refractivity contribution >= 4 is 40.0 Å². The van der Waals surface area contributed by atoms with Gasteiger partial charge in [0.2, 0.25) is 5.89 Å². The van der Waals surface area contributed by atoms with Crippen molar-refractivity contribution in [2.75, 3.05) is 5.73 Å². The standard InChI is InChI=1S/C14H10Cl2N2O/c1-7-3-2-4-11-13(7)18-14(19-11)8-5-9(15)12(17)10(16)6-8/h2-6H,17H2,1H3. The highest BCUT2D eigenvalue weighted by molar-refractivity contribution is 6.39. The summed E-state index contributed by atoms with van der Waals surface area (Å²) in [4.78, 5) is 4.47. The van der Waals surface area contributed by atoms with Gasteiger partial charge in [-0.15, -0.1) is 0 Å². The second-order valence-electron chi connectivity index (χ2n) is 4.29. The second kappa shape index (κ2) is 4.44. The number of hydrogen-bond donors (Lipinski definition) is 1. The van der Waals surface area contributed by atoms with E-state index in [1.165, 1.54) is 0 Å². The second-order valence-corrected chi connectivity index (χ2v) is 5.11. The number of halogens is 2. The Bertz CT molecular complexity index is 757. The Hall–Kier alpha value is -1.71. The van der Waals surface area contributed by atoms with E-state index in [0.29, 0.717) is 27.2 Å². The van der Waals surface area contributed by atoms with Gasteiger partial charge in [-0.05, 0) is 30.7 Å². The Balaban J connectivity index is 2.22. The number of oxazole rings is 1. The van der Waals surface area contributed by atoms with E-state index in [0.717, 1.165) is 16.7 Å². The molecule has 1 heterocycles. The van der Waals surface area contributed by atoms with Crippen molar-refractivity contribution in [2.24, 2.45) is 0 Å². The predicted molar refractivity (Wildman–Crippen MR) is 78.6 cm³/mol. The third-order valence-electron chi connectivity index (χ3n) is 2.95. The third-order valence-corrected chi connectivity index (χ3v) is 3.57. The maximum atomic E-state index is 6.02. The molecule has 0 aliphatic heterocycles. The molecule has 0 spiro atoms. The van der Waals surface area contributed by atoms with E-state index < -0.39 is 0 Å². The number of anilines is 1. The van der Waals surface area contributed by atoms with Gasteiger partial charge in [0.05, 0.1) is 15.7 Å². The molecule has 3 aromatic rings. The van der Waals surface area contributed by atoms with Crippen molar-refractivity contribution in [3.8, 4) is 11.5 Å². The maximum absolute atomic E-state index is 6.02. The number of hydrogen-bond acceptors (Lipinski definition) is 3. The van der Waals surface area contributed by atoms with Gasteiger partial charge in [0.25, 0.3) is 0 Å². The SMILES string of the molecule is Cc1cccc2oc(-c3cc(Cl)c(N)c(Cl)c3)nc12. The minimum Gasteiger partial charge on any atom is -0.436 e. The highest BCUT2D eigenvalue weighted by Crippen LogP contribution is 2.34. The van der Waals surface area contributed by atoms with Crippen molar-refractivity contribution in [3.63, 3.8) is 0 Å². The van der Waals surface area contributed by atoms with E-state index in [1.54, 1.807) is 12.1 Å². The van der Waals surface area contributed by atoms with Crippen molar-refractivity contribution in [1.29, 1.82) is 0 Å². The van der Waals surface area contributed by atoms with E-state index in [2.05, 4.69) is 4.98 Å². The molecule has 1 aromatic heterocycles. The molecule has 2 N–H and O–H groups in total. The number of benzene rings is 2. The average molecular weight is 293 g/mol. The zero-order valence-electron chi connectivity index (χ0n) is 10.1. The van der Waals surface area contributed by atoms with Crippen molar-refractivity contribution < 1.29 is 4.42 Å². The molecule has 5 heteroatoms. The molecule has 0 amide bonds. The third kappa shape index (κ3) is 2.05. The van der Waals surface area contributed by atoms with Gasteiger partial charge in [-0.2, -0.15) is 0 Å². The molecule has 0 fully saturated rings. The van der Waals surface area contributed by atoms with E-state index in [9.17, 15) is 0 Å². The fourth-order valence-corrected chi connectivity index (χ4v) is 2.40. The molecule has 0 saturated carbocycles. The van der Waals surface area contributed by atoms with Gasteiger partial charge >= 0.3 is 0 Å². The van der Waals surface area contributed by atoms with Crippen LogP contribution in [0.25, 0.3) is 22.6 Å². The first-order valence-corrected chi connectivity index (χ1v) is 6.43. The monoisotopic (exact) mass is 292 g/mol. The quantitative estimate of drug-likeness (QED) is 0.662. The molecule has 2 aromatic carbocycles. The molecule has 96 valence electrons. The predicted octanol–water partition coefficient (Wildman–Crippen LogP) is 4.69. The van der Waals surface area contributed by atoms with Crippen LogP contribution in [0.3, 0.4) is 0 Å². The topological polar surface area (TPSA) is 52.0 Å². The highest BCUT2D eigenvalue weighted by Gasteiger charge is 2.13. The van der Waals surface area contributed by atoms with Gasteiger partial charge in [-0.3, -0.25) is 0 Å². The summed E-state index contributed by atoms with van der Waals surface area (Å²) in [7, 11) is 0. The molecule has 0 radical (unpaired) electrons. The summed E-state index contributed by atoms with van der Waals surface area (Å²) in [6, 6.07) is 9.18. The van der Waals surface area contributed by atoms with Crippen LogP contribution in [0.2, 0.25) is 10.0 Å². The smallest absolute Gasteiger partial charge is 0.227 e. The fourth-order valence-electron chi connectivity index (χ4n) is 1.92. The Labute approximate surface area is 119 Å². The molecular formula is C14H10Cl2N2O. The number of para-hydroxylation sites is 1. The Kier molecular flexibility index (Phi) is 2.88. The molecule has 3 nitrogen and oxygen atoms in total. The molecule has 3 rings (SSSR count). The van der Waals surface area contributed by atoms with Gasteiger partial charge < -0.3 is 10.2 Å². The van der Waals surface area contributed by atoms with Crippen molar-refractivity contribution in [2.45, 2.75) is 6.92 Å². The minimum absolute atomic E-state index is 0.361. The molecule has 0 atom stereocenters. The molecule has 0 unspecified atom stereocenters. The number of rotatable bonds is 1. The first-order valence-electron chi connectivity index (χ1n) is 5.67. The van der Waals surface area contributed by atoms with E-state index in [4.69, 9.17) is 33.4 Å². The van der Waals surface area contributed by atoms with Crippen LogP contribution in [0.15, 0.2) is 34.7 Å². The van der Waals surface area contributed by atoms with Crippen LogP contribution in [-0.4, -0.2) is 4.98 Å². The van der Waals surface area contributed by atoms with Crippen LogP contribution < -0.4 is 5.73 Å². The van der Waals surface area contributed by atoms with Crippen LogP contribution >= 0.6 is 23.2 Å². The minimum atomic E-state index is 0.361. The highest BCUT2D eigenvalue weighted by atomic mass is 35.5. The number of aromatic nitrogens is 1. The van der Waals surface area contributed by atoms with Gasteiger partial charge in [-0.1, -0.05) is 35.3 Å². The van der Waals surface area contributed by atoms with Crippen molar-refractivity contribution in [1.82, 2.24) is 4.98 Å². The molecule has 0 aliphatic carbocycles. The molecular weight excluding hydrogens is 283 g/mol. The largest absolute Gasteiger partial charge is 0.436 e. The Morgan fingerprint density at radius 1 is 1.16 bits per heavy atom. The molecule has 0 aliphatic rings. The summed E-state index contributed by atoms with van der Waals surface area (Å²) < 4.78 is 5.72. The first kappa shape index (κ1) is 12.3. The number of aryl methyl sites for hydroxylation is 1. The summed E-state index contributed by atoms with van der Waals surface area (Å²) in [6.07, 6.45) is 0. The summed E-state index contributed by atoms with van der Waals surface area (Å²) in [5.74, 6) is 0.480. The van der Waals surface area contributed by atoms with Crippen LogP contribution in [0.1, 0.15) is 5.56 Å². The van der Waals surface area contributed by atoms with Crippen LogP contribution in [-0.2, 0) is 0 Å². The van der Waals surface area contributed by atoms with Crippen LogP contribution in [0.5, 0.6) is 0 Å². The summed E-state index contributed by atoms with van der Waals surface area (Å²) in [6.45, 7) is 1.98. The number of nitrogens with zero attached hydrogens (tertiary/aromatic N) is 1. The fraction of sp³-hybridized carbons (Fsp3) is 0.0714. The van der Waals surface area contributed by atoms with Crippen LogP contribution in [0.4, 0.5) is 5.69 Å². The average Bonchev–Trinajstić information content (AvgIpc) is 2.81.